The second-order valence-electron chi connectivity index (χ2n) is 8.23. The summed E-state index contributed by atoms with van der Waals surface area (Å²) in [5, 5.41) is 16.9. The Bertz CT molecular complexity index is 1450. The number of nitrogens with zero attached hydrogens (tertiary/aromatic N) is 2. The van der Waals surface area contributed by atoms with Crippen LogP contribution in [0.5, 0.6) is 5.75 Å². The van der Waals surface area contributed by atoms with Gasteiger partial charge in [0, 0.05) is 24.9 Å². The van der Waals surface area contributed by atoms with Crippen LogP contribution in [0.1, 0.15) is 27.5 Å². The first-order valence-corrected chi connectivity index (χ1v) is 11.5. The normalized spacial score (nSPS) is 11.4. The number of amides is 1. The third-order valence-electron chi connectivity index (χ3n) is 5.61. The minimum Gasteiger partial charge on any atom is -0.491 e. The smallest absolute Gasteiger partial charge is 0.292 e. The number of ether oxygens (including phenoxy) is 1. The molecule has 0 aliphatic carbocycles. The number of carbonyl (C=O) groups excluding carboxylic acids is 1. The van der Waals surface area contributed by atoms with E-state index < -0.39 is 28.5 Å². The molecule has 0 fully saturated rings. The second kappa shape index (κ2) is 11.8. The summed E-state index contributed by atoms with van der Waals surface area (Å²) in [5.74, 6) is -1.83. The molecule has 0 saturated carbocycles. The molecular weight excluding hydrogens is 496 g/mol. The molecule has 0 saturated heterocycles. The minimum absolute atomic E-state index is 0.0167. The van der Waals surface area contributed by atoms with Gasteiger partial charge in [0.1, 0.15) is 23.9 Å². The fraction of sp³-hybridized carbons (Fsp3) is 0.111. The summed E-state index contributed by atoms with van der Waals surface area (Å²) in [5.41, 5.74) is 6.99. The average molecular weight is 520 g/mol. The maximum absolute atomic E-state index is 13.5. The van der Waals surface area contributed by atoms with Gasteiger partial charge in [-0.15, -0.1) is 0 Å². The van der Waals surface area contributed by atoms with E-state index in [2.05, 4.69) is 15.6 Å². The molecule has 194 valence electrons. The summed E-state index contributed by atoms with van der Waals surface area (Å²) in [6.45, 7) is 0.0604. The molecule has 38 heavy (non-hydrogen) atoms. The number of rotatable bonds is 10. The maximum atomic E-state index is 13.5. The van der Waals surface area contributed by atoms with E-state index in [-0.39, 0.29) is 35.9 Å². The standard InChI is InChI=1S/C27H23F2N5O4/c28-21-10-8-17(13-22(21)29)15-32-27(35)20-7-4-12-31-26(20)33-24(18-5-2-1-3-6-18)16-38-19-9-11-25(34(36)37)23(30)14-19/h1-14,24H,15-16,30H2,(H,31,33)(H,32,35)/t24-/m0/s1. The van der Waals surface area contributed by atoms with Crippen molar-refractivity contribution in [3.05, 3.63) is 123 Å². The molecule has 0 unspecified atom stereocenters. The SMILES string of the molecule is Nc1cc(OC[C@H](Nc2ncccc2C(=O)NCc2ccc(F)c(F)c2)c2ccccc2)ccc1[N+](=O)[O-]. The lowest BCUT2D eigenvalue weighted by molar-refractivity contribution is -0.383. The molecule has 1 atom stereocenters. The predicted octanol–water partition coefficient (Wildman–Crippen LogP) is 5.01. The van der Waals surface area contributed by atoms with Crippen molar-refractivity contribution in [1.29, 1.82) is 0 Å². The van der Waals surface area contributed by atoms with Crippen molar-refractivity contribution >= 4 is 23.1 Å². The van der Waals surface area contributed by atoms with Crippen molar-refractivity contribution in [1.82, 2.24) is 10.3 Å². The first-order valence-electron chi connectivity index (χ1n) is 11.5. The molecule has 0 aliphatic heterocycles. The van der Waals surface area contributed by atoms with Crippen LogP contribution in [0.15, 0.2) is 85.1 Å². The van der Waals surface area contributed by atoms with E-state index in [4.69, 9.17) is 10.5 Å². The van der Waals surface area contributed by atoms with E-state index in [1.807, 2.05) is 30.3 Å². The molecule has 1 aromatic heterocycles. The van der Waals surface area contributed by atoms with Crippen molar-refractivity contribution in [2.75, 3.05) is 17.7 Å². The van der Waals surface area contributed by atoms with E-state index in [0.29, 0.717) is 11.3 Å². The first-order chi connectivity index (χ1) is 18.3. The van der Waals surface area contributed by atoms with E-state index in [0.717, 1.165) is 17.7 Å². The monoisotopic (exact) mass is 519 g/mol. The van der Waals surface area contributed by atoms with Gasteiger partial charge in [-0.1, -0.05) is 36.4 Å². The molecule has 1 amide bonds. The van der Waals surface area contributed by atoms with Gasteiger partial charge in [0.05, 0.1) is 16.5 Å². The summed E-state index contributed by atoms with van der Waals surface area (Å²) in [6.07, 6.45) is 1.52. The zero-order valence-corrected chi connectivity index (χ0v) is 19.9. The zero-order valence-electron chi connectivity index (χ0n) is 19.9. The van der Waals surface area contributed by atoms with Crippen LogP contribution in [0.2, 0.25) is 0 Å². The van der Waals surface area contributed by atoms with Crippen molar-refractivity contribution in [2.24, 2.45) is 0 Å². The first kappa shape index (κ1) is 26.0. The van der Waals surface area contributed by atoms with E-state index >= 15 is 0 Å². The second-order valence-corrected chi connectivity index (χ2v) is 8.23. The van der Waals surface area contributed by atoms with Gasteiger partial charge in [0.25, 0.3) is 11.6 Å². The predicted molar refractivity (Wildman–Crippen MR) is 138 cm³/mol. The van der Waals surface area contributed by atoms with Gasteiger partial charge in [-0.2, -0.15) is 0 Å². The highest BCUT2D eigenvalue weighted by Gasteiger charge is 2.19. The molecule has 0 aliphatic rings. The summed E-state index contributed by atoms with van der Waals surface area (Å²) in [6, 6.07) is 19.5. The highest BCUT2D eigenvalue weighted by atomic mass is 19.2. The third-order valence-corrected chi connectivity index (χ3v) is 5.61. The molecule has 1 heterocycles. The number of nitrogens with two attached hydrogens (primary N) is 1. The van der Waals surface area contributed by atoms with Crippen LogP contribution < -0.4 is 21.1 Å². The van der Waals surface area contributed by atoms with E-state index in [1.54, 1.807) is 12.1 Å². The topological polar surface area (TPSA) is 132 Å². The third kappa shape index (κ3) is 6.38. The van der Waals surface area contributed by atoms with Gasteiger partial charge in [0.15, 0.2) is 11.6 Å². The van der Waals surface area contributed by atoms with Crippen LogP contribution in [-0.4, -0.2) is 22.4 Å². The van der Waals surface area contributed by atoms with Gasteiger partial charge >= 0.3 is 0 Å². The molecule has 4 aromatic rings. The van der Waals surface area contributed by atoms with Gasteiger partial charge in [-0.25, -0.2) is 13.8 Å². The lowest BCUT2D eigenvalue weighted by Crippen LogP contribution is -2.26. The number of nitro benzene ring substituents is 1. The number of nitro groups is 1. The highest BCUT2D eigenvalue weighted by molar-refractivity contribution is 5.98. The molecule has 4 N–H and O–H groups in total. The Morgan fingerprint density at radius 2 is 1.82 bits per heavy atom. The van der Waals surface area contributed by atoms with Crippen molar-refractivity contribution in [2.45, 2.75) is 12.6 Å². The fourth-order valence-electron chi connectivity index (χ4n) is 3.67. The summed E-state index contributed by atoms with van der Waals surface area (Å²) >= 11 is 0. The molecule has 3 aromatic carbocycles. The Labute approximate surface area is 216 Å². The van der Waals surface area contributed by atoms with Gasteiger partial charge < -0.3 is 21.1 Å². The number of nitrogens with one attached hydrogen (secondary N) is 2. The summed E-state index contributed by atoms with van der Waals surface area (Å²) in [7, 11) is 0. The van der Waals surface area contributed by atoms with E-state index in [9.17, 15) is 23.7 Å². The molecule has 0 spiro atoms. The number of aromatic nitrogens is 1. The van der Waals surface area contributed by atoms with Crippen molar-refractivity contribution in [3.8, 4) is 5.75 Å². The number of pyridine rings is 1. The van der Waals surface area contributed by atoms with Crippen LogP contribution in [0.4, 0.5) is 26.0 Å². The molecule has 4 rings (SSSR count). The molecule has 9 nitrogen and oxygen atoms in total. The molecule has 11 heteroatoms. The van der Waals surface area contributed by atoms with Crippen LogP contribution >= 0.6 is 0 Å². The fourth-order valence-corrected chi connectivity index (χ4v) is 3.67. The summed E-state index contributed by atoms with van der Waals surface area (Å²) < 4.78 is 32.6. The lowest BCUT2D eigenvalue weighted by atomic mass is 10.1. The number of hydrogen-bond acceptors (Lipinski definition) is 7. The average Bonchev–Trinajstić information content (AvgIpc) is 2.92. The molecule has 0 radical (unpaired) electrons. The Morgan fingerprint density at radius 1 is 1.03 bits per heavy atom. The maximum Gasteiger partial charge on any atom is 0.292 e. The number of carbonyl (C=O) groups is 1. The summed E-state index contributed by atoms with van der Waals surface area (Å²) in [4.78, 5) is 27.7. The van der Waals surface area contributed by atoms with E-state index in [1.165, 1.54) is 30.5 Å². The Hall–Kier alpha value is -5.06. The quantitative estimate of drug-likeness (QED) is 0.152. The van der Waals surface area contributed by atoms with Crippen molar-refractivity contribution < 1.29 is 23.2 Å². The number of halogens is 2. The Morgan fingerprint density at radius 3 is 2.53 bits per heavy atom. The molecular formula is C27H23F2N5O4. The number of nitrogen functional groups attached to an aromatic ring is 1. The lowest BCUT2D eigenvalue weighted by Gasteiger charge is -2.22. The van der Waals surface area contributed by atoms with Crippen LogP contribution in [-0.2, 0) is 6.54 Å². The minimum atomic E-state index is -0.999. The Balaban J connectivity index is 1.51. The molecule has 0 bridgehead atoms. The number of hydrogen-bond donors (Lipinski definition) is 3. The number of benzene rings is 3. The van der Waals surface area contributed by atoms with Gasteiger partial charge in [-0.3, -0.25) is 14.9 Å². The van der Waals surface area contributed by atoms with Crippen LogP contribution in [0.3, 0.4) is 0 Å². The van der Waals surface area contributed by atoms with Crippen LogP contribution in [0, 0.1) is 21.7 Å². The zero-order chi connectivity index (χ0) is 27.1. The largest absolute Gasteiger partial charge is 0.491 e. The Kier molecular flexibility index (Phi) is 8.07. The number of anilines is 2. The van der Waals surface area contributed by atoms with Crippen molar-refractivity contribution in [3.63, 3.8) is 0 Å². The van der Waals surface area contributed by atoms with Crippen LogP contribution in [0.25, 0.3) is 0 Å². The highest BCUT2D eigenvalue weighted by Crippen LogP contribution is 2.28. The van der Waals surface area contributed by atoms with Gasteiger partial charge in [0.2, 0.25) is 0 Å². The van der Waals surface area contributed by atoms with Gasteiger partial charge in [-0.05, 0) is 41.5 Å².